The molecule has 1 aliphatic rings. The van der Waals surface area contributed by atoms with Crippen LogP contribution in [0.4, 0.5) is 0 Å². The average Bonchev–Trinajstić information content (AvgIpc) is 2.52. The summed E-state index contributed by atoms with van der Waals surface area (Å²) in [6, 6.07) is 0.789. The molecule has 1 aliphatic heterocycles. The predicted octanol–water partition coefficient (Wildman–Crippen LogP) is 2.82. The number of hydrogen-bond donors (Lipinski definition) is 1. The first-order valence-electron chi connectivity index (χ1n) is 4.32. The molecule has 0 amide bonds. The molecule has 1 fully saturated rings. The Kier molecular flexibility index (Phi) is 4.16. The Hall–Kier alpha value is 0.180. The SMILES string of the molecule is C/C(=C\Br)CCC1CCCN1. The lowest BCUT2D eigenvalue weighted by Crippen LogP contribution is -2.20. The highest BCUT2D eigenvalue weighted by molar-refractivity contribution is 9.11. The van der Waals surface area contributed by atoms with E-state index in [9.17, 15) is 0 Å². The minimum absolute atomic E-state index is 0.789. The van der Waals surface area contributed by atoms with Crippen molar-refractivity contribution < 1.29 is 0 Å². The first-order chi connectivity index (χ1) is 5.33. The Morgan fingerprint density at radius 3 is 3.09 bits per heavy atom. The van der Waals surface area contributed by atoms with Crippen LogP contribution in [0.2, 0.25) is 0 Å². The number of halogens is 1. The van der Waals surface area contributed by atoms with Crippen molar-refractivity contribution in [2.45, 2.75) is 38.6 Å². The van der Waals surface area contributed by atoms with Gasteiger partial charge in [-0.3, -0.25) is 0 Å². The molecule has 0 radical (unpaired) electrons. The molecule has 0 spiro atoms. The van der Waals surface area contributed by atoms with E-state index in [1.54, 1.807) is 0 Å². The molecular formula is C9H16BrN. The highest BCUT2D eigenvalue weighted by Gasteiger charge is 2.12. The number of nitrogens with one attached hydrogen (secondary N) is 1. The molecule has 11 heavy (non-hydrogen) atoms. The Labute approximate surface area is 77.4 Å². The van der Waals surface area contributed by atoms with Gasteiger partial charge in [0.05, 0.1) is 0 Å². The van der Waals surface area contributed by atoms with E-state index < -0.39 is 0 Å². The lowest BCUT2D eigenvalue weighted by molar-refractivity contribution is 0.558. The molecule has 0 aromatic heterocycles. The van der Waals surface area contributed by atoms with Crippen LogP contribution in [0.15, 0.2) is 10.6 Å². The molecule has 1 nitrogen and oxygen atoms in total. The van der Waals surface area contributed by atoms with Crippen LogP contribution in [0.1, 0.15) is 32.6 Å². The minimum Gasteiger partial charge on any atom is -0.314 e. The van der Waals surface area contributed by atoms with Crippen molar-refractivity contribution in [1.82, 2.24) is 5.32 Å². The quantitative estimate of drug-likeness (QED) is 0.768. The highest BCUT2D eigenvalue weighted by Crippen LogP contribution is 2.14. The molecule has 0 bridgehead atoms. The second-order valence-corrected chi connectivity index (χ2v) is 3.75. The van der Waals surface area contributed by atoms with Crippen molar-refractivity contribution in [2.75, 3.05) is 6.54 Å². The van der Waals surface area contributed by atoms with E-state index in [0.717, 1.165) is 6.04 Å². The van der Waals surface area contributed by atoms with Gasteiger partial charge in [0, 0.05) is 6.04 Å². The van der Waals surface area contributed by atoms with Gasteiger partial charge in [0.15, 0.2) is 0 Å². The van der Waals surface area contributed by atoms with E-state index in [-0.39, 0.29) is 0 Å². The van der Waals surface area contributed by atoms with Crippen molar-refractivity contribution in [2.24, 2.45) is 0 Å². The van der Waals surface area contributed by atoms with Crippen molar-refractivity contribution in [1.29, 1.82) is 0 Å². The van der Waals surface area contributed by atoms with E-state index in [1.165, 1.54) is 37.8 Å². The molecule has 1 N–H and O–H groups in total. The normalized spacial score (nSPS) is 26.0. The molecule has 0 aromatic rings. The van der Waals surface area contributed by atoms with Gasteiger partial charge in [-0.05, 0) is 44.1 Å². The van der Waals surface area contributed by atoms with Crippen LogP contribution in [0, 0.1) is 0 Å². The zero-order chi connectivity index (χ0) is 8.10. The van der Waals surface area contributed by atoms with Crippen LogP contribution in [0.5, 0.6) is 0 Å². The fourth-order valence-electron chi connectivity index (χ4n) is 1.46. The fourth-order valence-corrected chi connectivity index (χ4v) is 1.69. The smallest absolute Gasteiger partial charge is 0.00705 e. The highest BCUT2D eigenvalue weighted by atomic mass is 79.9. The van der Waals surface area contributed by atoms with Gasteiger partial charge in [-0.25, -0.2) is 0 Å². The molecule has 0 aromatic carbocycles. The Balaban J connectivity index is 2.11. The van der Waals surface area contributed by atoms with Crippen LogP contribution in [-0.4, -0.2) is 12.6 Å². The largest absolute Gasteiger partial charge is 0.314 e. The Morgan fingerprint density at radius 2 is 2.55 bits per heavy atom. The van der Waals surface area contributed by atoms with Crippen molar-refractivity contribution in [3.63, 3.8) is 0 Å². The molecule has 1 unspecified atom stereocenters. The van der Waals surface area contributed by atoms with Crippen molar-refractivity contribution in [3.8, 4) is 0 Å². The summed E-state index contributed by atoms with van der Waals surface area (Å²) < 4.78 is 0. The summed E-state index contributed by atoms with van der Waals surface area (Å²) in [6.45, 7) is 3.39. The third-order valence-corrected chi connectivity index (χ3v) is 3.02. The van der Waals surface area contributed by atoms with Gasteiger partial charge < -0.3 is 5.32 Å². The lowest BCUT2D eigenvalue weighted by atomic mass is 10.1. The summed E-state index contributed by atoms with van der Waals surface area (Å²) in [5.74, 6) is 0. The van der Waals surface area contributed by atoms with Crippen LogP contribution in [0.3, 0.4) is 0 Å². The van der Waals surface area contributed by atoms with Crippen LogP contribution in [-0.2, 0) is 0 Å². The third-order valence-electron chi connectivity index (χ3n) is 2.24. The van der Waals surface area contributed by atoms with Gasteiger partial charge in [-0.15, -0.1) is 0 Å². The van der Waals surface area contributed by atoms with Gasteiger partial charge in [-0.1, -0.05) is 21.5 Å². The molecule has 1 rings (SSSR count). The number of rotatable bonds is 3. The lowest BCUT2D eigenvalue weighted by Gasteiger charge is -2.08. The molecule has 64 valence electrons. The first-order valence-corrected chi connectivity index (χ1v) is 5.23. The maximum atomic E-state index is 3.49. The number of hydrogen-bond acceptors (Lipinski definition) is 1. The summed E-state index contributed by atoms with van der Waals surface area (Å²) in [7, 11) is 0. The molecule has 1 saturated heterocycles. The summed E-state index contributed by atoms with van der Waals surface area (Å²) in [5.41, 5.74) is 1.44. The van der Waals surface area contributed by atoms with E-state index in [1.807, 2.05) is 4.99 Å². The van der Waals surface area contributed by atoms with E-state index in [2.05, 4.69) is 28.2 Å². The predicted molar refractivity (Wildman–Crippen MR) is 52.9 cm³/mol. The van der Waals surface area contributed by atoms with Gasteiger partial charge in [-0.2, -0.15) is 0 Å². The average molecular weight is 218 g/mol. The van der Waals surface area contributed by atoms with Crippen LogP contribution >= 0.6 is 15.9 Å². The molecule has 1 heterocycles. The third kappa shape index (κ3) is 3.39. The topological polar surface area (TPSA) is 12.0 Å². The molecule has 0 saturated carbocycles. The molecule has 2 heteroatoms. The van der Waals surface area contributed by atoms with Crippen molar-refractivity contribution in [3.05, 3.63) is 10.6 Å². The van der Waals surface area contributed by atoms with Gasteiger partial charge in [0.1, 0.15) is 0 Å². The minimum atomic E-state index is 0.789. The number of allylic oxidation sites excluding steroid dienone is 1. The maximum Gasteiger partial charge on any atom is 0.00705 e. The molecular weight excluding hydrogens is 202 g/mol. The molecule has 1 atom stereocenters. The molecule has 0 aliphatic carbocycles. The second kappa shape index (κ2) is 4.94. The van der Waals surface area contributed by atoms with E-state index in [4.69, 9.17) is 0 Å². The van der Waals surface area contributed by atoms with Crippen molar-refractivity contribution >= 4 is 15.9 Å². The summed E-state index contributed by atoms with van der Waals surface area (Å²) in [5, 5.41) is 3.49. The van der Waals surface area contributed by atoms with Crippen LogP contribution in [0.25, 0.3) is 0 Å². The van der Waals surface area contributed by atoms with Crippen LogP contribution < -0.4 is 5.32 Å². The van der Waals surface area contributed by atoms with Gasteiger partial charge in [0.25, 0.3) is 0 Å². The zero-order valence-corrected chi connectivity index (χ0v) is 8.65. The fraction of sp³-hybridized carbons (Fsp3) is 0.778. The second-order valence-electron chi connectivity index (χ2n) is 3.29. The maximum absolute atomic E-state index is 3.49. The summed E-state index contributed by atoms with van der Waals surface area (Å²) in [4.78, 5) is 2.03. The summed E-state index contributed by atoms with van der Waals surface area (Å²) in [6.07, 6.45) is 5.26. The monoisotopic (exact) mass is 217 g/mol. The van der Waals surface area contributed by atoms with E-state index in [0.29, 0.717) is 0 Å². The Bertz CT molecular complexity index is 136. The van der Waals surface area contributed by atoms with Gasteiger partial charge >= 0.3 is 0 Å². The Morgan fingerprint density at radius 1 is 1.73 bits per heavy atom. The first kappa shape index (κ1) is 9.27. The van der Waals surface area contributed by atoms with E-state index >= 15 is 0 Å². The van der Waals surface area contributed by atoms with Gasteiger partial charge in [0.2, 0.25) is 0 Å². The zero-order valence-electron chi connectivity index (χ0n) is 7.07. The summed E-state index contributed by atoms with van der Waals surface area (Å²) >= 11 is 3.34. The standard InChI is InChI=1S/C9H16BrN/c1-8(7-10)4-5-9-3-2-6-11-9/h7,9,11H,2-6H2,1H3/b8-7+.